The van der Waals surface area contributed by atoms with E-state index in [2.05, 4.69) is 0 Å². The highest BCUT2D eigenvalue weighted by Gasteiger charge is 2.09. The standard InChI is InChI=1S/C14H14O2S/c1-10-5-3-6-11(2)14(10)16-9-12(15)13-7-4-8-17-13/h3-8H,9H2,1-2H3. The first-order valence-electron chi connectivity index (χ1n) is 5.44. The minimum Gasteiger partial charge on any atom is -0.485 e. The normalized spacial score (nSPS) is 10.2. The average molecular weight is 246 g/mol. The molecule has 88 valence electrons. The van der Waals surface area contributed by atoms with E-state index in [-0.39, 0.29) is 12.4 Å². The van der Waals surface area contributed by atoms with Crippen LogP contribution in [0.15, 0.2) is 35.7 Å². The van der Waals surface area contributed by atoms with E-state index in [0.717, 1.165) is 21.8 Å². The summed E-state index contributed by atoms with van der Waals surface area (Å²) in [5.74, 6) is 0.847. The molecule has 0 radical (unpaired) electrons. The summed E-state index contributed by atoms with van der Waals surface area (Å²) in [4.78, 5) is 12.5. The smallest absolute Gasteiger partial charge is 0.210 e. The van der Waals surface area contributed by atoms with Crippen molar-refractivity contribution in [3.05, 3.63) is 51.7 Å². The molecule has 1 aromatic carbocycles. The fraction of sp³-hybridized carbons (Fsp3) is 0.214. The molecule has 0 amide bonds. The lowest BCUT2D eigenvalue weighted by molar-refractivity contribution is 0.0925. The average Bonchev–Trinajstić information content (AvgIpc) is 2.81. The highest BCUT2D eigenvalue weighted by atomic mass is 32.1. The fourth-order valence-corrected chi connectivity index (χ4v) is 2.32. The van der Waals surface area contributed by atoms with E-state index in [4.69, 9.17) is 4.74 Å². The molecule has 0 N–H and O–H groups in total. The molecule has 0 aliphatic carbocycles. The fourth-order valence-electron chi connectivity index (χ4n) is 1.67. The molecule has 0 saturated heterocycles. The van der Waals surface area contributed by atoms with E-state index in [1.807, 2.05) is 49.6 Å². The van der Waals surface area contributed by atoms with Gasteiger partial charge in [0.2, 0.25) is 5.78 Å². The minimum atomic E-state index is 0.0302. The zero-order chi connectivity index (χ0) is 12.3. The summed E-state index contributed by atoms with van der Waals surface area (Å²) in [7, 11) is 0. The van der Waals surface area contributed by atoms with Gasteiger partial charge in [-0.25, -0.2) is 0 Å². The van der Waals surface area contributed by atoms with Gasteiger partial charge in [0.15, 0.2) is 6.61 Å². The van der Waals surface area contributed by atoms with Gasteiger partial charge in [-0.1, -0.05) is 24.3 Å². The van der Waals surface area contributed by atoms with Gasteiger partial charge in [0.25, 0.3) is 0 Å². The first-order valence-corrected chi connectivity index (χ1v) is 6.32. The molecule has 0 saturated carbocycles. The number of aryl methyl sites for hydroxylation is 2. The molecule has 2 rings (SSSR count). The van der Waals surface area contributed by atoms with Crippen LogP contribution in [-0.2, 0) is 0 Å². The molecule has 0 fully saturated rings. The van der Waals surface area contributed by atoms with Crippen LogP contribution in [0.3, 0.4) is 0 Å². The Morgan fingerprint density at radius 2 is 1.88 bits per heavy atom. The van der Waals surface area contributed by atoms with Gasteiger partial charge < -0.3 is 4.74 Å². The van der Waals surface area contributed by atoms with Gasteiger partial charge >= 0.3 is 0 Å². The van der Waals surface area contributed by atoms with Gasteiger partial charge in [0, 0.05) is 0 Å². The minimum absolute atomic E-state index is 0.0302. The quantitative estimate of drug-likeness (QED) is 0.770. The Hall–Kier alpha value is -1.61. The molecular weight excluding hydrogens is 232 g/mol. The van der Waals surface area contributed by atoms with Gasteiger partial charge in [-0.3, -0.25) is 4.79 Å². The Balaban J connectivity index is 2.06. The summed E-state index contributed by atoms with van der Waals surface area (Å²) in [5.41, 5.74) is 2.12. The third-order valence-corrected chi connectivity index (χ3v) is 3.46. The topological polar surface area (TPSA) is 26.3 Å². The van der Waals surface area contributed by atoms with E-state index >= 15 is 0 Å². The van der Waals surface area contributed by atoms with E-state index in [1.165, 1.54) is 11.3 Å². The number of hydrogen-bond donors (Lipinski definition) is 0. The number of carbonyl (C=O) groups is 1. The lowest BCUT2D eigenvalue weighted by Gasteiger charge is -2.10. The predicted molar refractivity (Wildman–Crippen MR) is 70.1 cm³/mol. The number of thiophene rings is 1. The second kappa shape index (κ2) is 5.15. The Morgan fingerprint density at radius 3 is 2.47 bits per heavy atom. The Morgan fingerprint density at radius 1 is 1.18 bits per heavy atom. The zero-order valence-corrected chi connectivity index (χ0v) is 10.7. The van der Waals surface area contributed by atoms with Gasteiger partial charge in [-0.2, -0.15) is 0 Å². The molecule has 1 aromatic heterocycles. The first-order chi connectivity index (χ1) is 8.18. The molecule has 0 bridgehead atoms. The van der Waals surface area contributed by atoms with Gasteiger partial charge in [0.05, 0.1) is 4.88 Å². The SMILES string of the molecule is Cc1cccc(C)c1OCC(=O)c1cccs1. The molecule has 17 heavy (non-hydrogen) atoms. The van der Waals surface area contributed by atoms with Crippen molar-refractivity contribution in [3.8, 4) is 5.75 Å². The highest BCUT2D eigenvalue weighted by molar-refractivity contribution is 7.12. The molecule has 0 unspecified atom stereocenters. The number of carbonyl (C=O) groups excluding carboxylic acids is 1. The molecule has 3 heteroatoms. The monoisotopic (exact) mass is 246 g/mol. The second-order valence-corrected chi connectivity index (χ2v) is 4.86. The number of benzene rings is 1. The van der Waals surface area contributed by atoms with Crippen molar-refractivity contribution >= 4 is 17.1 Å². The van der Waals surface area contributed by atoms with Crippen LogP contribution in [0, 0.1) is 13.8 Å². The van der Waals surface area contributed by atoms with Crippen molar-refractivity contribution < 1.29 is 9.53 Å². The lowest BCUT2D eigenvalue weighted by Crippen LogP contribution is -2.11. The number of para-hydroxylation sites is 1. The second-order valence-electron chi connectivity index (χ2n) is 3.91. The number of Topliss-reactive ketones (excluding diaryl/α,β-unsaturated/α-hetero) is 1. The lowest BCUT2D eigenvalue weighted by atomic mass is 10.1. The molecule has 2 nitrogen and oxygen atoms in total. The van der Waals surface area contributed by atoms with Crippen LogP contribution < -0.4 is 4.74 Å². The van der Waals surface area contributed by atoms with Gasteiger partial charge in [0.1, 0.15) is 5.75 Å². The maximum Gasteiger partial charge on any atom is 0.210 e. The molecule has 0 atom stereocenters. The highest BCUT2D eigenvalue weighted by Crippen LogP contribution is 2.22. The van der Waals surface area contributed by atoms with Crippen molar-refractivity contribution in [2.24, 2.45) is 0 Å². The van der Waals surface area contributed by atoms with Crippen LogP contribution in [0.1, 0.15) is 20.8 Å². The predicted octanol–water partition coefficient (Wildman–Crippen LogP) is 3.63. The first kappa shape index (κ1) is 11.9. The van der Waals surface area contributed by atoms with Crippen LogP contribution in [0.25, 0.3) is 0 Å². The zero-order valence-electron chi connectivity index (χ0n) is 9.90. The van der Waals surface area contributed by atoms with E-state index in [9.17, 15) is 4.79 Å². The summed E-state index contributed by atoms with van der Waals surface area (Å²) in [5, 5.41) is 1.90. The molecule has 0 aliphatic heterocycles. The van der Waals surface area contributed by atoms with E-state index in [0.29, 0.717) is 0 Å². The maximum absolute atomic E-state index is 11.8. The number of hydrogen-bond acceptors (Lipinski definition) is 3. The third-order valence-electron chi connectivity index (χ3n) is 2.55. The Labute approximate surface area is 105 Å². The van der Waals surface area contributed by atoms with Crippen molar-refractivity contribution in [2.75, 3.05) is 6.61 Å². The van der Waals surface area contributed by atoms with Gasteiger partial charge in [-0.15, -0.1) is 11.3 Å². The Bertz CT molecular complexity index is 495. The maximum atomic E-state index is 11.8. The van der Waals surface area contributed by atoms with Crippen LogP contribution in [0.5, 0.6) is 5.75 Å². The molecule has 0 aliphatic rings. The van der Waals surface area contributed by atoms with Crippen LogP contribution in [-0.4, -0.2) is 12.4 Å². The summed E-state index contributed by atoms with van der Waals surface area (Å²) in [6.45, 7) is 4.07. The van der Waals surface area contributed by atoms with Crippen molar-refractivity contribution in [2.45, 2.75) is 13.8 Å². The van der Waals surface area contributed by atoms with Gasteiger partial charge in [-0.05, 0) is 36.4 Å². The summed E-state index contributed by atoms with van der Waals surface area (Å²) >= 11 is 1.45. The molecule has 2 aromatic rings. The summed E-state index contributed by atoms with van der Waals surface area (Å²) < 4.78 is 5.61. The van der Waals surface area contributed by atoms with E-state index in [1.54, 1.807) is 0 Å². The third kappa shape index (κ3) is 2.74. The summed E-state index contributed by atoms with van der Waals surface area (Å²) in [6, 6.07) is 9.65. The number of ether oxygens (including phenoxy) is 1. The van der Waals surface area contributed by atoms with E-state index < -0.39 is 0 Å². The van der Waals surface area contributed by atoms with Crippen molar-refractivity contribution in [3.63, 3.8) is 0 Å². The largest absolute Gasteiger partial charge is 0.485 e. The van der Waals surface area contributed by atoms with Crippen LogP contribution in [0.4, 0.5) is 0 Å². The van der Waals surface area contributed by atoms with Crippen LogP contribution in [0.2, 0.25) is 0 Å². The molecule has 0 spiro atoms. The van der Waals surface area contributed by atoms with Crippen LogP contribution >= 0.6 is 11.3 Å². The molecular formula is C14H14O2S. The van der Waals surface area contributed by atoms with Crippen molar-refractivity contribution in [1.29, 1.82) is 0 Å². The molecule has 1 heterocycles. The number of ketones is 1. The summed E-state index contributed by atoms with van der Waals surface area (Å²) in [6.07, 6.45) is 0. The number of rotatable bonds is 4. The van der Waals surface area contributed by atoms with Crippen molar-refractivity contribution in [1.82, 2.24) is 0 Å². The Kier molecular flexibility index (Phi) is 3.59.